The molecule has 1 fully saturated rings. The summed E-state index contributed by atoms with van der Waals surface area (Å²) in [5, 5.41) is 8.16. The predicted molar refractivity (Wildman–Crippen MR) is 48.1 cm³/mol. The Morgan fingerprint density at radius 2 is 2.33 bits per heavy atom. The van der Waals surface area contributed by atoms with Crippen LogP contribution in [0.2, 0.25) is 0 Å². The predicted octanol–water partition coefficient (Wildman–Crippen LogP) is -0.479. The summed E-state index contributed by atoms with van der Waals surface area (Å²) in [6.45, 7) is 3.87. The van der Waals surface area contributed by atoms with E-state index in [2.05, 4.69) is 5.32 Å². The highest BCUT2D eigenvalue weighted by Gasteiger charge is 2.23. The number of nitrogens with one attached hydrogen (secondary N) is 1. The fourth-order valence-corrected chi connectivity index (χ4v) is 2.67. The molecule has 0 aromatic heterocycles. The molecule has 0 aliphatic carbocycles. The minimum absolute atomic E-state index is 0.110. The summed E-state index contributed by atoms with van der Waals surface area (Å²) in [5.41, 5.74) is 0. The van der Waals surface area contributed by atoms with Crippen LogP contribution in [0, 0.1) is 11.8 Å². The van der Waals surface area contributed by atoms with Crippen molar-refractivity contribution in [2.45, 2.75) is 13.3 Å². The molecule has 0 saturated carbocycles. The number of hydrogen-bond acceptors (Lipinski definition) is 3. The maximum Gasteiger partial charge on any atom is 0.209 e. The Balaban J connectivity index is 2.42. The lowest BCUT2D eigenvalue weighted by Crippen LogP contribution is -2.27. The summed E-state index contributed by atoms with van der Waals surface area (Å²) >= 11 is 0. The van der Waals surface area contributed by atoms with Crippen molar-refractivity contribution in [3.05, 3.63) is 0 Å². The highest BCUT2D eigenvalue weighted by atomic mass is 32.2. The molecule has 2 unspecified atom stereocenters. The first-order valence-corrected chi connectivity index (χ1v) is 5.92. The Kier molecular flexibility index (Phi) is 3.09. The zero-order valence-electron chi connectivity index (χ0n) is 7.29. The summed E-state index contributed by atoms with van der Waals surface area (Å²) in [5.74, 6) is 0.762. The van der Waals surface area contributed by atoms with Crippen LogP contribution in [-0.2, 0) is 10.0 Å². The summed E-state index contributed by atoms with van der Waals surface area (Å²) in [4.78, 5) is 0. The molecule has 0 aromatic rings. The van der Waals surface area contributed by atoms with Gasteiger partial charge >= 0.3 is 0 Å². The molecular weight excluding hydrogens is 176 g/mol. The smallest absolute Gasteiger partial charge is 0.209 e. The van der Waals surface area contributed by atoms with E-state index in [9.17, 15) is 8.42 Å². The molecule has 12 heavy (non-hydrogen) atoms. The molecule has 1 aliphatic rings. The second-order valence-electron chi connectivity index (χ2n) is 3.56. The summed E-state index contributed by atoms with van der Waals surface area (Å²) in [7, 11) is -3.29. The van der Waals surface area contributed by atoms with Crippen LogP contribution in [0.3, 0.4) is 0 Å². The molecule has 1 saturated heterocycles. The van der Waals surface area contributed by atoms with Crippen LogP contribution in [0.1, 0.15) is 13.3 Å². The molecule has 0 radical (unpaired) electrons. The van der Waals surface area contributed by atoms with Crippen molar-refractivity contribution in [2.75, 3.05) is 18.8 Å². The van der Waals surface area contributed by atoms with Crippen molar-refractivity contribution in [3.8, 4) is 0 Å². The highest BCUT2D eigenvalue weighted by molar-refractivity contribution is 7.89. The first-order chi connectivity index (χ1) is 5.49. The van der Waals surface area contributed by atoms with Gasteiger partial charge in [0.1, 0.15) is 0 Å². The molecule has 0 bridgehead atoms. The van der Waals surface area contributed by atoms with Gasteiger partial charge in [0.2, 0.25) is 10.0 Å². The van der Waals surface area contributed by atoms with Gasteiger partial charge in [-0.1, -0.05) is 6.92 Å². The third-order valence-electron chi connectivity index (χ3n) is 2.40. The SMILES string of the molecule is CC(CS(N)(=O)=O)C1CCNC1. The minimum Gasteiger partial charge on any atom is -0.316 e. The number of hydrogen-bond donors (Lipinski definition) is 2. The molecule has 1 aliphatic heterocycles. The van der Waals surface area contributed by atoms with Gasteiger partial charge in [-0.25, -0.2) is 13.6 Å². The average Bonchev–Trinajstić information content (AvgIpc) is 2.32. The Morgan fingerprint density at radius 1 is 1.67 bits per heavy atom. The normalized spacial score (nSPS) is 27.3. The third kappa shape index (κ3) is 3.08. The van der Waals surface area contributed by atoms with E-state index in [-0.39, 0.29) is 11.7 Å². The molecule has 2 atom stereocenters. The van der Waals surface area contributed by atoms with Crippen LogP contribution in [0.15, 0.2) is 0 Å². The first kappa shape index (κ1) is 9.95. The zero-order chi connectivity index (χ0) is 9.19. The molecule has 1 rings (SSSR count). The standard InChI is InChI=1S/C7H16N2O2S/c1-6(5-12(8,10)11)7-2-3-9-4-7/h6-7,9H,2-5H2,1H3,(H2,8,10,11). The van der Waals surface area contributed by atoms with E-state index in [1.807, 2.05) is 6.92 Å². The lowest BCUT2D eigenvalue weighted by atomic mass is 9.95. The quantitative estimate of drug-likeness (QED) is 0.634. The van der Waals surface area contributed by atoms with Crippen molar-refractivity contribution in [1.29, 1.82) is 0 Å². The fourth-order valence-electron chi connectivity index (χ4n) is 1.67. The minimum atomic E-state index is -3.29. The van der Waals surface area contributed by atoms with Gasteiger partial charge in [-0.2, -0.15) is 0 Å². The fraction of sp³-hybridized carbons (Fsp3) is 1.00. The lowest BCUT2D eigenvalue weighted by Gasteiger charge is -2.16. The van der Waals surface area contributed by atoms with Gasteiger partial charge in [-0.05, 0) is 31.3 Å². The molecule has 72 valence electrons. The van der Waals surface area contributed by atoms with Crippen LogP contribution in [0.5, 0.6) is 0 Å². The average molecular weight is 192 g/mol. The lowest BCUT2D eigenvalue weighted by molar-refractivity contribution is 0.417. The van der Waals surface area contributed by atoms with E-state index >= 15 is 0 Å². The van der Waals surface area contributed by atoms with Crippen molar-refractivity contribution in [2.24, 2.45) is 17.0 Å². The van der Waals surface area contributed by atoms with E-state index in [0.717, 1.165) is 19.5 Å². The highest BCUT2D eigenvalue weighted by Crippen LogP contribution is 2.19. The van der Waals surface area contributed by atoms with Crippen molar-refractivity contribution < 1.29 is 8.42 Å². The van der Waals surface area contributed by atoms with Crippen LogP contribution < -0.4 is 10.5 Å². The molecule has 1 heterocycles. The van der Waals surface area contributed by atoms with Gasteiger partial charge < -0.3 is 5.32 Å². The number of primary sulfonamides is 1. The monoisotopic (exact) mass is 192 g/mol. The molecule has 5 heteroatoms. The summed E-state index contributed by atoms with van der Waals surface area (Å²) in [6, 6.07) is 0. The summed E-state index contributed by atoms with van der Waals surface area (Å²) < 4.78 is 21.5. The first-order valence-electron chi connectivity index (χ1n) is 4.20. The molecule has 3 N–H and O–H groups in total. The van der Waals surface area contributed by atoms with E-state index in [1.165, 1.54) is 0 Å². The van der Waals surface area contributed by atoms with Gasteiger partial charge in [0.15, 0.2) is 0 Å². The third-order valence-corrected chi connectivity index (χ3v) is 3.39. The molecule has 4 nitrogen and oxygen atoms in total. The summed E-state index contributed by atoms with van der Waals surface area (Å²) in [6.07, 6.45) is 1.07. The Hall–Kier alpha value is -0.130. The topological polar surface area (TPSA) is 72.2 Å². The van der Waals surface area contributed by atoms with Crippen LogP contribution in [0.4, 0.5) is 0 Å². The van der Waals surface area contributed by atoms with Crippen LogP contribution in [-0.4, -0.2) is 27.3 Å². The van der Waals surface area contributed by atoms with Crippen LogP contribution >= 0.6 is 0 Å². The van der Waals surface area contributed by atoms with Crippen LogP contribution in [0.25, 0.3) is 0 Å². The molecule has 0 amide bonds. The molecule has 0 aromatic carbocycles. The zero-order valence-corrected chi connectivity index (χ0v) is 8.10. The van der Waals surface area contributed by atoms with Gasteiger partial charge in [-0.15, -0.1) is 0 Å². The van der Waals surface area contributed by atoms with E-state index < -0.39 is 10.0 Å². The van der Waals surface area contributed by atoms with Gasteiger partial charge in [0.25, 0.3) is 0 Å². The van der Waals surface area contributed by atoms with E-state index in [0.29, 0.717) is 5.92 Å². The van der Waals surface area contributed by atoms with Gasteiger partial charge in [0, 0.05) is 0 Å². The number of sulfonamides is 1. The number of nitrogens with two attached hydrogens (primary N) is 1. The van der Waals surface area contributed by atoms with Crippen molar-refractivity contribution in [1.82, 2.24) is 5.32 Å². The van der Waals surface area contributed by atoms with E-state index in [4.69, 9.17) is 5.14 Å². The second-order valence-corrected chi connectivity index (χ2v) is 5.22. The van der Waals surface area contributed by atoms with Crippen molar-refractivity contribution >= 4 is 10.0 Å². The molecule has 0 spiro atoms. The maximum atomic E-state index is 10.8. The Bertz CT molecular complexity index is 232. The Morgan fingerprint density at radius 3 is 2.75 bits per heavy atom. The van der Waals surface area contributed by atoms with Crippen molar-refractivity contribution in [3.63, 3.8) is 0 Å². The maximum absolute atomic E-state index is 10.8. The van der Waals surface area contributed by atoms with Gasteiger partial charge in [-0.3, -0.25) is 0 Å². The Labute approximate surface area is 73.6 Å². The largest absolute Gasteiger partial charge is 0.316 e. The molecular formula is C7H16N2O2S. The van der Waals surface area contributed by atoms with Gasteiger partial charge in [0.05, 0.1) is 5.75 Å². The van der Waals surface area contributed by atoms with E-state index in [1.54, 1.807) is 0 Å². The number of rotatable bonds is 3. The second kappa shape index (κ2) is 3.72.